The number of ether oxygens (including phenoxy) is 3. The van der Waals surface area contributed by atoms with Crippen molar-refractivity contribution in [3.05, 3.63) is 29.3 Å². The Morgan fingerprint density at radius 1 is 1.04 bits per heavy atom. The molecule has 13 nitrogen and oxygen atoms in total. The number of epoxide rings is 1. The fraction of sp³-hybridized carbons (Fsp3) is 0.667. The van der Waals surface area contributed by atoms with Gasteiger partial charge in [0, 0.05) is 30.8 Å². The predicted octanol–water partition coefficient (Wildman–Crippen LogP) is 3.05. The number of amides is 4. The molecule has 4 amide bonds. The zero-order valence-electron chi connectivity index (χ0n) is 27.4. The van der Waals surface area contributed by atoms with Gasteiger partial charge in [-0.3, -0.25) is 29.4 Å². The van der Waals surface area contributed by atoms with E-state index in [4.69, 9.17) is 14.2 Å². The van der Waals surface area contributed by atoms with Crippen LogP contribution in [0.25, 0.3) is 0 Å². The summed E-state index contributed by atoms with van der Waals surface area (Å²) in [4.78, 5) is 66.8. The van der Waals surface area contributed by atoms with Gasteiger partial charge in [0.2, 0.25) is 17.7 Å². The minimum atomic E-state index is -1.04. The van der Waals surface area contributed by atoms with Crippen molar-refractivity contribution in [1.82, 2.24) is 20.9 Å². The molecule has 1 aromatic rings. The lowest BCUT2D eigenvalue weighted by Gasteiger charge is -2.28. The highest BCUT2D eigenvalue weighted by Crippen LogP contribution is 2.33. The summed E-state index contributed by atoms with van der Waals surface area (Å²) in [6.45, 7) is 10.2. The summed E-state index contributed by atoms with van der Waals surface area (Å²) < 4.78 is 15.8. The number of Topliss-reactive ketones (excluding diaryl/α,β-unsaturated/α-hetero) is 1. The minimum Gasteiger partial charge on any atom is -0.444 e. The average Bonchev–Trinajstić information content (AvgIpc) is 3.59. The third-order valence-electron chi connectivity index (χ3n) is 8.85. The van der Waals surface area contributed by atoms with E-state index in [1.54, 1.807) is 26.0 Å². The number of nitrogens with one attached hydrogen (secondary N) is 4. The van der Waals surface area contributed by atoms with Crippen LogP contribution in [-0.4, -0.2) is 97.7 Å². The van der Waals surface area contributed by atoms with E-state index in [1.165, 1.54) is 0 Å². The second-order valence-electron chi connectivity index (χ2n) is 12.5. The third-order valence-corrected chi connectivity index (χ3v) is 8.85. The molecule has 46 heavy (non-hydrogen) atoms. The summed E-state index contributed by atoms with van der Waals surface area (Å²) in [5.74, 6) is -1.14. The molecule has 1 aliphatic carbocycles. The number of rotatable bonds is 13. The topological polar surface area (TPSA) is 168 Å². The van der Waals surface area contributed by atoms with Crippen molar-refractivity contribution < 1.29 is 43.9 Å². The molecule has 262 valence electrons. The molecule has 4 aliphatic rings. The lowest BCUT2D eigenvalue weighted by Crippen LogP contribution is -2.57. The monoisotopic (exact) mass is 651 g/mol. The van der Waals surface area contributed by atoms with Gasteiger partial charge >= 0.3 is 6.09 Å². The van der Waals surface area contributed by atoms with Crippen molar-refractivity contribution in [1.29, 1.82) is 0 Å². The number of nitrogens with zero attached hydrogens (tertiary/aromatic N) is 1. The lowest BCUT2D eigenvalue weighted by atomic mass is 9.90. The van der Waals surface area contributed by atoms with Gasteiger partial charge in [-0.2, -0.15) is 0 Å². The fourth-order valence-corrected chi connectivity index (χ4v) is 6.06. The van der Waals surface area contributed by atoms with Crippen LogP contribution >= 0.6 is 0 Å². The highest BCUT2D eigenvalue weighted by Gasteiger charge is 2.50. The summed E-state index contributed by atoms with van der Waals surface area (Å²) in [7, 11) is 0. The number of fused-ring (bicyclic) bond motifs is 1. The first kappa shape index (κ1) is 35.3. The maximum Gasteiger partial charge on any atom is 0.411 e. The van der Waals surface area contributed by atoms with Gasteiger partial charge in [0.25, 0.3) is 0 Å². The second-order valence-corrected chi connectivity index (χ2v) is 12.5. The van der Waals surface area contributed by atoms with E-state index in [1.807, 2.05) is 24.8 Å². The normalized spacial score (nSPS) is 22.8. The van der Waals surface area contributed by atoms with E-state index in [0.717, 1.165) is 36.8 Å². The first-order valence-electron chi connectivity index (χ1n) is 16.5. The summed E-state index contributed by atoms with van der Waals surface area (Å²) in [5, 5.41) is 11.1. The van der Waals surface area contributed by atoms with Crippen LogP contribution in [0.15, 0.2) is 18.2 Å². The summed E-state index contributed by atoms with van der Waals surface area (Å²) in [6, 6.07) is 2.63. The second kappa shape index (κ2) is 16.3. The maximum absolute atomic E-state index is 13.9. The van der Waals surface area contributed by atoms with Gasteiger partial charge < -0.3 is 30.2 Å². The van der Waals surface area contributed by atoms with Crippen LogP contribution in [0.3, 0.4) is 0 Å². The standard InChI is InChI=1S/C31H43N5O8.C2H6.4H2/c1-19(32-26(37)16-36-9-11-42-12-10-36)28(39)34-25(15-21-7-8-23-22(13-21)17-43-30(41)35-23)29(40)33-24(14-20-5-3-4-6-20)27(38)31(2)18-44-31;1-2;;;;/h7-8,13,19-20,24-25H,3-6,9-12,14-18H2,1-2H3,(H,32,37)(H,33,40)(H,34,39)(H,35,41);1-2H3;4*1H/t19-,24-,25?,31+;;;;;/m0...../s1. The quantitative estimate of drug-likeness (QED) is 0.234. The Balaban J connectivity index is 0.00000393. The van der Waals surface area contributed by atoms with Gasteiger partial charge in [0.1, 0.15) is 24.3 Å². The molecule has 0 radical (unpaired) electrons. The minimum absolute atomic E-state index is 0. The zero-order chi connectivity index (χ0) is 33.3. The molecule has 0 aromatic heterocycles. The molecule has 4 N–H and O–H groups in total. The number of carbonyl (C=O) groups is 5. The molecule has 1 unspecified atom stereocenters. The molecule has 5 rings (SSSR count). The Bertz CT molecular complexity index is 1280. The molecule has 1 aromatic carbocycles. The molecule has 3 aliphatic heterocycles. The van der Waals surface area contributed by atoms with E-state index in [9.17, 15) is 24.0 Å². The van der Waals surface area contributed by atoms with Crippen LogP contribution in [0.1, 0.15) is 76.6 Å². The van der Waals surface area contributed by atoms with Crippen LogP contribution < -0.4 is 21.3 Å². The van der Waals surface area contributed by atoms with Crippen molar-refractivity contribution in [3.8, 4) is 0 Å². The van der Waals surface area contributed by atoms with Crippen molar-refractivity contribution in [3.63, 3.8) is 0 Å². The van der Waals surface area contributed by atoms with Crippen molar-refractivity contribution >= 4 is 35.3 Å². The van der Waals surface area contributed by atoms with E-state index >= 15 is 0 Å². The smallest absolute Gasteiger partial charge is 0.411 e. The van der Waals surface area contributed by atoms with Gasteiger partial charge in [-0.15, -0.1) is 0 Å². The molecule has 4 atom stereocenters. The molecular weight excluding hydrogens is 594 g/mol. The molecule has 1 saturated carbocycles. The zero-order valence-corrected chi connectivity index (χ0v) is 27.4. The average molecular weight is 652 g/mol. The van der Waals surface area contributed by atoms with E-state index < -0.39 is 41.6 Å². The third kappa shape index (κ3) is 9.73. The Hall–Kier alpha value is -3.55. The van der Waals surface area contributed by atoms with E-state index in [-0.39, 0.29) is 37.0 Å². The van der Waals surface area contributed by atoms with Gasteiger partial charge in [0.05, 0.1) is 38.1 Å². The van der Waals surface area contributed by atoms with Crippen LogP contribution in [0.4, 0.5) is 10.5 Å². The number of carbonyl (C=O) groups excluding carboxylic acids is 5. The molecule has 2 saturated heterocycles. The molecule has 0 bridgehead atoms. The lowest BCUT2D eigenvalue weighted by molar-refractivity contribution is -0.134. The first-order chi connectivity index (χ1) is 22.1. The number of benzene rings is 1. The highest BCUT2D eigenvalue weighted by molar-refractivity contribution is 5.98. The largest absolute Gasteiger partial charge is 0.444 e. The van der Waals surface area contributed by atoms with Gasteiger partial charge in [-0.25, -0.2) is 4.79 Å². The fourth-order valence-electron chi connectivity index (χ4n) is 6.06. The Morgan fingerprint density at radius 3 is 2.39 bits per heavy atom. The van der Waals surface area contributed by atoms with E-state index in [0.29, 0.717) is 50.9 Å². The molecule has 13 heteroatoms. The summed E-state index contributed by atoms with van der Waals surface area (Å²) in [5.41, 5.74) is 1.18. The Morgan fingerprint density at radius 2 is 1.72 bits per heavy atom. The number of hydrogen-bond donors (Lipinski definition) is 4. The molecule has 3 heterocycles. The number of anilines is 1. The number of ketones is 1. The van der Waals surface area contributed by atoms with Crippen molar-refractivity contribution in [2.24, 2.45) is 5.92 Å². The van der Waals surface area contributed by atoms with Crippen molar-refractivity contribution in [2.75, 3.05) is 44.8 Å². The molecule has 0 spiro atoms. The predicted molar refractivity (Wildman–Crippen MR) is 178 cm³/mol. The van der Waals surface area contributed by atoms with Crippen LogP contribution in [0.2, 0.25) is 0 Å². The SMILES string of the molecule is CC.C[C@H](NC(=O)CN1CCOCC1)C(=O)NC(Cc1ccc2c(c1)COC(=O)N2)C(=O)N[C@@H](CC1CCCC1)C(=O)[C@@]1(C)CO1.[HH].[HH].[HH].[HH]. The van der Waals surface area contributed by atoms with Crippen molar-refractivity contribution in [2.45, 2.75) is 96.6 Å². The Kier molecular flexibility index (Phi) is 12.5. The molecule has 3 fully saturated rings. The van der Waals surface area contributed by atoms with Gasteiger partial charge in [0.15, 0.2) is 5.78 Å². The van der Waals surface area contributed by atoms with E-state index in [2.05, 4.69) is 21.3 Å². The van der Waals surface area contributed by atoms with Gasteiger partial charge in [-0.1, -0.05) is 51.7 Å². The van der Waals surface area contributed by atoms with Gasteiger partial charge in [-0.05, 0) is 37.8 Å². The number of morpholine rings is 1. The number of hydrogen-bond acceptors (Lipinski definition) is 9. The maximum atomic E-state index is 13.9. The first-order valence-corrected chi connectivity index (χ1v) is 16.5. The summed E-state index contributed by atoms with van der Waals surface area (Å²) >= 11 is 0. The summed E-state index contributed by atoms with van der Waals surface area (Å²) in [6.07, 6.45) is 4.32. The Labute approximate surface area is 276 Å². The van der Waals surface area contributed by atoms with Crippen LogP contribution in [-0.2, 0) is 46.4 Å². The van der Waals surface area contributed by atoms with Crippen LogP contribution in [0.5, 0.6) is 0 Å². The van der Waals surface area contributed by atoms with Crippen LogP contribution in [0, 0.1) is 5.92 Å². The number of cyclic esters (lactones) is 1. The highest BCUT2D eigenvalue weighted by atomic mass is 16.6. The molecular formula is C33H57N5O8.